The Morgan fingerprint density at radius 2 is 2.29 bits per heavy atom. The van der Waals surface area contributed by atoms with Gasteiger partial charge in [-0.15, -0.1) is 0 Å². The Kier molecular flexibility index (Phi) is 2.10. The van der Waals surface area contributed by atoms with Crippen molar-refractivity contribution in [1.29, 1.82) is 0 Å². The summed E-state index contributed by atoms with van der Waals surface area (Å²) in [5.74, 6) is -0.437. The second kappa shape index (κ2) is 3.41. The quantitative estimate of drug-likeness (QED) is 0.677. The van der Waals surface area contributed by atoms with Crippen molar-refractivity contribution in [3.8, 4) is 5.69 Å². The molecule has 1 heterocycles. The van der Waals surface area contributed by atoms with E-state index in [1.807, 2.05) is 0 Å². The molecule has 0 aliphatic carbocycles. The molecule has 4 heteroatoms. The topological polar surface area (TPSA) is 34.9 Å². The lowest BCUT2D eigenvalue weighted by atomic mass is 10.2. The molecule has 0 aliphatic rings. The number of imidazole rings is 1. The minimum Gasteiger partial charge on any atom is -0.303 e. The van der Waals surface area contributed by atoms with Gasteiger partial charge in [0.1, 0.15) is 5.82 Å². The number of benzene rings is 1. The molecule has 0 N–H and O–H groups in total. The molecule has 1 aromatic carbocycles. The van der Waals surface area contributed by atoms with Crippen LogP contribution in [0.25, 0.3) is 5.69 Å². The number of para-hydroxylation sites is 1. The van der Waals surface area contributed by atoms with Crippen molar-refractivity contribution in [1.82, 2.24) is 9.55 Å². The summed E-state index contributed by atoms with van der Waals surface area (Å²) < 4.78 is 14.9. The van der Waals surface area contributed by atoms with Gasteiger partial charge in [-0.25, -0.2) is 9.37 Å². The van der Waals surface area contributed by atoms with Crippen LogP contribution in [0.2, 0.25) is 0 Å². The summed E-state index contributed by atoms with van der Waals surface area (Å²) in [6, 6.07) is 4.37. The average molecular weight is 190 g/mol. The van der Waals surface area contributed by atoms with Crippen LogP contribution in [0.3, 0.4) is 0 Å². The van der Waals surface area contributed by atoms with Gasteiger partial charge >= 0.3 is 0 Å². The zero-order valence-corrected chi connectivity index (χ0v) is 7.22. The number of aromatic nitrogens is 2. The Morgan fingerprint density at radius 3 is 2.93 bits per heavy atom. The van der Waals surface area contributed by atoms with Crippen LogP contribution in [0.5, 0.6) is 0 Å². The summed E-state index contributed by atoms with van der Waals surface area (Å²) in [6.07, 6.45) is 5.19. The van der Waals surface area contributed by atoms with Gasteiger partial charge in [-0.3, -0.25) is 4.79 Å². The van der Waals surface area contributed by atoms with Crippen molar-refractivity contribution in [3.63, 3.8) is 0 Å². The smallest absolute Gasteiger partial charge is 0.152 e. The normalized spacial score (nSPS) is 10.1. The van der Waals surface area contributed by atoms with Crippen molar-refractivity contribution in [2.24, 2.45) is 0 Å². The monoisotopic (exact) mass is 190 g/mol. The predicted octanol–water partition coefficient (Wildman–Crippen LogP) is 1.82. The Balaban J connectivity index is 2.67. The fourth-order valence-electron chi connectivity index (χ4n) is 1.29. The van der Waals surface area contributed by atoms with Crippen molar-refractivity contribution in [3.05, 3.63) is 48.3 Å². The van der Waals surface area contributed by atoms with E-state index in [1.54, 1.807) is 12.3 Å². The molecule has 0 fully saturated rings. The highest BCUT2D eigenvalue weighted by Crippen LogP contribution is 2.16. The van der Waals surface area contributed by atoms with Gasteiger partial charge in [-0.05, 0) is 12.1 Å². The second-order valence-electron chi connectivity index (χ2n) is 2.77. The number of halogens is 1. The maximum atomic E-state index is 13.4. The first kappa shape index (κ1) is 8.62. The van der Waals surface area contributed by atoms with E-state index in [-0.39, 0.29) is 5.69 Å². The molecule has 0 aliphatic heterocycles. The first-order valence-electron chi connectivity index (χ1n) is 4.05. The summed E-state index contributed by atoms with van der Waals surface area (Å²) in [6.45, 7) is 0. The number of hydrogen-bond acceptors (Lipinski definition) is 2. The van der Waals surface area contributed by atoms with Crippen LogP contribution < -0.4 is 0 Å². The van der Waals surface area contributed by atoms with Gasteiger partial charge in [-0.2, -0.15) is 0 Å². The fraction of sp³-hybridized carbons (Fsp3) is 0. The van der Waals surface area contributed by atoms with Crippen LogP contribution in [-0.4, -0.2) is 15.8 Å². The summed E-state index contributed by atoms with van der Waals surface area (Å²) in [5.41, 5.74) is 0.544. The van der Waals surface area contributed by atoms with Gasteiger partial charge in [-0.1, -0.05) is 6.07 Å². The lowest BCUT2D eigenvalue weighted by molar-refractivity contribution is 0.112. The van der Waals surface area contributed by atoms with Gasteiger partial charge in [0.2, 0.25) is 0 Å². The minimum atomic E-state index is -0.437. The molecule has 70 valence electrons. The molecule has 0 saturated carbocycles. The van der Waals surface area contributed by atoms with Crippen LogP contribution in [0, 0.1) is 5.82 Å². The lowest BCUT2D eigenvalue weighted by Gasteiger charge is -2.05. The van der Waals surface area contributed by atoms with E-state index in [0.717, 1.165) is 0 Å². The summed E-state index contributed by atoms with van der Waals surface area (Å²) in [5, 5.41) is 0. The van der Waals surface area contributed by atoms with E-state index >= 15 is 0 Å². The molecule has 2 aromatic rings. The predicted molar refractivity (Wildman–Crippen MR) is 48.9 cm³/mol. The molecule has 0 radical (unpaired) electrons. The summed E-state index contributed by atoms with van der Waals surface area (Å²) in [7, 11) is 0. The molecule has 0 atom stereocenters. The average Bonchev–Trinajstić information content (AvgIpc) is 2.70. The Hall–Kier alpha value is -1.97. The van der Waals surface area contributed by atoms with Crippen LogP contribution in [-0.2, 0) is 0 Å². The van der Waals surface area contributed by atoms with Crippen molar-refractivity contribution >= 4 is 6.29 Å². The van der Waals surface area contributed by atoms with E-state index in [0.29, 0.717) is 11.8 Å². The van der Waals surface area contributed by atoms with Crippen LogP contribution >= 0.6 is 0 Å². The van der Waals surface area contributed by atoms with Gasteiger partial charge < -0.3 is 4.57 Å². The molecule has 0 saturated heterocycles. The number of rotatable bonds is 2. The maximum absolute atomic E-state index is 13.4. The third kappa shape index (κ3) is 1.31. The highest BCUT2D eigenvalue weighted by molar-refractivity contribution is 5.80. The zero-order valence-electron chi connectivity index (χ0n) is 7.22. The molecule has 0 bridgehead atoms. The van der Waals surface area contributed by atoms with E-state index in [2.05, 4.69) is 4.98 Å². The molecule has 2 rings (SSSR count). The molecule has 3 nitrogen and oxygen atoms in total. The van der Waals surface area contributed by atoms with E-state index in [1.165, 1.54) is 29.2 Å². The molecule has 14 heavy (non-hydrogen) atoms. The van der Waals surface area contributed by atoms with Crippen molar-refractivity contribution in [2.45, 2.75) is 0 Å². The zero-order chi connectivity index (χ0) is 9.97. The highest BCUT2D eigenvalue weighted by atomic mass is 19.1. The van der Waals surface area contributed by atoms with Gasteiger partial charge in [0.15, 0.2) is 6.29 Å². The Bertz CT molecular complexity index is 451. The largest absolute Gasteiger partial charge is 0.303 e. The SMILES string of the molecule is O=Cc1cccc(F)c1-n1ccnc1. The number of aldehydes is 1. The number of hydrogen-bond donors (Lipinski definition) is 0. The molecule has 1 aromatic heterocycles. The van der Waals surface area contributed by atoms with E-state index in [4.69, 9.17) is 0 Å². The number of carbonyl (C=O) groups excluding carboxylic acids is 1. The van der Waals surface area contributed by atoms with Gasteiger partial charge in [0.25, 0.3) is 0 Å². The first-order chi connectivity index (χ1) is 6.83. The van der Waals surface area contributed by atoms with Crippen molar-refractivity contribution in [2.75, 3.05) is 0 Å². The molecule has 0 unspecified atom stereocenters. The minimum absolute atomic E-state index is 0.236. The maximum Gasteiger partial charge on any atom is 0.152 e. The molecule has 0 spiro atoms. The van der Waals surface area contributed by atoms with E-state index < -0.39 is 5.82 Å². The molecular formula is C10H7FN2O. The summed E-state index contributed by atoms with van der Waals surface area (Å²) in [4.78, 5) is 14.5. The van der Waals surface area contributed by atoms with Crippen LogP contribution in [0.4, 0.5) is 4.39 Å². The molecular weight excluding hydrogens is 183 g/mol. The van der Waals surface area contributed by atoms with E-state index in [9.17, 15) is 9.18 Å². The first-order valence-corrected chi connectivity index (χ1v) is 4.05. The van der Waals surface area contributed by atoms with Crippen molar-refractivity contribution < 1.29 is 9.18 Å². The highest BCUT2D eigenvalue weighted by Gasteiger charge is 2.08. The third-order valence-corrected chi connectivity index (χ3v) is 1.91. The second-order valence-corrected chi connectivity index (χ2v) is 2.77. The number of carbonyl (C=O) groups is 1. The Labute approximate surface area is 79.8 Å². The fourth-order valence-corrected chi connectivity index (χ4v) is 1.29. The Morgan fingerprint density at radius 1 is 1.43 bits per heavy atom. The van der Waals surface area contributed by atoms with Gasteiger partial charge in [0.05, 0.1) is 12.0 Å². The number of nitrogens with zero attached hydrogens (tertiary/aromatic N) is 2. The van der Waals surface area contributed by atoms with Gasteiger partial charge in [0, 0.05) is 18.0 Å². The summed E-state index contributed by atoms with van der Waals surface area (Å²) >= 11 is 0. The lowest BCUT2D eigenvalue weighted by Crippen LogP contribution is -1.99. The standard InChI is InChI=1S/C10H7FN2O/c11-9-3-1-2-8(6-14)10(9)13-5-4-12-7-13/h1-7H. The third-order valence-electron chi connectivity index (χ3n) is 1.91. The van der Waals surface area contributed by atoms with Crippen LogP contribution in [0.15, 0.2) is 36.9 Å². The van der Waals surface area contributed by atoms with Crippen LogP contribution in [0.1, 0.15) is 10.4 Å². The molecule has 0 amide bonds.